The highest BCUT2D eigenvalue weighted by molar-refractivity contribution is 9.10. The summed E-state index contributed by atoms with van der Waals surface area (Å²) in [4.78, 5) is 17.5. The molecule has 0 spiro atoms. The Bertz CT molecular complexity index is 764. The molecule has 0 bridgehead atoms. The van der Waals surface area contributed by atoms with Crippen LogP contribution < -0.4 is 0 Å². The number of aromatic nitrogens is 1. The van der Waals surface area contributed by atoms with Crippen molar-refractivity contribution in [2.75, 3.05) is 6.54 Å². The molecule has 0 saturated carbocycles. The van der Waals surface area contributed by atoms with Gasteiger partial charge in [-0.1, -0.05) is 28.1 Å². The number of β-amino-alcohol motifs (C(OH)–C–C–N with tert-alkyl or cyclic N) is 1. The molecule has 1 fully saturated rings. The molecule has 1 amide bonds. The van der Waals surface area contributed by atoms with E-state index in [4.69, 9.17) is 4.74 Å². The Morgan fingerprint density at radius 2 is 1.96 bits per heavy atom. The lowest BCUT2D eigenvalue weighted by molar-refractivity contribution is 0.0204. The summed E-state index contributed by atoms with van der Waals surface area (Å²) in [6.07, 6.45) is 0.376. The van der Waals surface area contributed by atoms with Gasteiger partial charge in [-0.2, -0.15) is 0 Å². The summed E-state index contributed by atoms with van der Waals surface area (Å²) >= 11 is 3.45. The Morgan fingerprint density at radius 1 is 1.27 bits per heavy atom. The van der Waals surface area contributed by atoms with E-state index < -0.39 is 11.7 Å². The fourth-order valence-corrected chi connectivity index (χ4v) is 3.47. The van der Waals surface area contributed by atoms with Crippen LogP contribution in [-0.2, 0) is 11.2 Å². The Labute approximate surface area is 162 Å². The first-order valence-electron chi connectivity index (χ1n) is 8.81. The molecular weight excluding hydrogens is 396 g/mol. The highest BCUT2D eigenvalue weighted by atomic mass is 79.9. The zero-order valence-corrected chi connectivity index (χ0v) is 16.9. The first kappa shape index (κ1) is 19.0. The number of hydrogen-bond donors (Lipinski definition) is 2. The first-order chi connectivity index (χ1) is 12.2. The van der Waals surface area contributed by atoms with Gasteiger partial charge in [0.1, 0.15) is 5.60 Å². The lowest BCUT2D eigenvalue weighted by atomic mass is 10.1. The van der Waals surface area contributed by atoms with Crippen molar-refractivity contribution >= 4 is 22.0 Å². The highest BCUT2D eigenvalue weighted by Gasteiger charge is 2.38. The number of halogens is 1. The van der Waals surface area contributed by atoms with E-state index in [9.17, 15) is 9.90 Å². The van der Waals surface area contributed by atoms with Gasteiger partial charge in [-0.05, 0) is 50.6 Å². The second-order valence-corrected chi connectivity index (χ2v) is 8.70. The van der Waals surface area contributed by atoms with Gasteiger partial charge in [0.25, 0.3) is 0 Å². The normalized spacial score (nSPS) is 20.4. The summed E-state index contributed by atoms with van der Waals surface area (Å²) in [6.45, 7) is 5.83. The molecule has 2 aromatic rings. The van der Waals surface area contributed by atoms with Crippen LogP contribution in [0.5, 0.6) is 0 Å². The van der Waals surface area contributed by atoms with Crippen LogP contribution in [0.2, 0.25) is 0 Å². The number of aromatic amines is 1. The molecule has 0 unspecified atom stereocenters. The van der Waals surface area contributed by atoms with Crippen molar-refractivity contribution in [3.05, 3.63) is 57.8 Å². The molecule has 2 N–H and O–H groups in total. The molecular formula is C20H25BrN2O3. The number of nitrogens with one attached hydrogen (secondary N) is 1. The molecule has 140 valence electrons. The number of aliphatic hydroxyl groups is 1. The lowest BCUT2D eigenvalue weighted by Crippen LogP contribution is -2.37. The highest BCUT2D eigenvalue weighted by Crippen LogP contribution is 2.33. The van der Waals surface area contributed by atoms with Crippen LogP contribution in [0, 0.1) is 0 Å². The number of likely N-dealkylation sites (tertiary alicyclic amines) is 1. The van der Waals surface area contributed by atoms with Gasteiger partial charge in [0, 0.05) is 28.7 Å². The number of rotatable bonds is 3. The van der Waals surface area contributed by atoms with Gasteiger partial charge < -0.3 is 14.8 Å². The predicted molar refractivity (Wildman–Crippen MR) is 104 cm³/mol. The third kappa shape index (κ3) is 4.68. The summed E-state index contributed by atoms with van der Waals surface area (Å²) in [5.41, 5.74) is 2.65. The number of H-pyrrole nitrogens is 1. The van der Waals surface area contributed by atoms with Gasteiger partial charge >= 0.3 is 6.09 Å². The second kappa shape index (κ2) is 7.45. The van der Waals surface area contributed by atoms with E-state index in [-0.39, 0.29) is 12.1 Å². The van der Waals surface area contributed by atoms with E-state index in [0.29, 0.717) is 13.0 Å². The number of carbonyl (C=O) groups is 1. The quantitative estimate of drug-likeness (QED) is 0.772. The van der Waals surface area contributed by atoms with Crippen LogP contribution in [0.15, 0.2) is 40.9 Å². The zero-order chi connectivity index (χ0) is 18.9. The average Bonchev–Trinajstić information content (AvgIpc) is 3.14. The van der Waals surface area contributed by atoms with Crippen molar-refractivity contribution < 1.29 is 14.6 Å². The van der Waals surface area contributed by atoms with Gasteiger partial charge in [-0.3, -0.25) is 4.90 Å². The summed E-state index contributed by atoms with van der Waals surface area (Å²) in [5.74, 6) is 0. The smallest absolute Gasteiger partial charge is 0.410 e. The summed E-state index contributed by atoms with van der Waals surface area (Å²) in [6, 6.07) is 12.0. The molecule has 1 aromatic heterocycles. The van der Waals surface area contributed by atoms with Crippen LogP contribution in [0.4, 0.5) is 4.79 Å². The second-order valence-electron chi connectivity index (χ2n) is 7.78. The number of nitrogens with zero attached hydrogens (tertiary/aromatic N) is 1. The fourth-order valence-electron chi connectivity index (χ4n) is 3.21. The van der Waals surface area contributed by atoms with Crippen LogP contribution >= 0.6 is 15.9 Å². The maximum atomic E-state index is 12.5. The third-order valence-electron chi connectivity index (χ3n) is 4.34. The number of hydrogen-bond acceptors (Lipinski definition) is 3. The topological polar surface area (TPSA) is 65.6 Å². The minimum absolute atomic E-state index is 0.196. The molecule has 1 aliphatic heterocycles. The van der Waals surface area contributed by atoms with E-state index in [1.54, 1.807) is 4.90 Å². The molecule has 3 rings (SSSR count). The Kier molecular flexibility index (Phi) is 5.44. The van der Waals surface area contributed by atoms with E-state index in [1.807, 2.05) is 45.0 Å². The summed E-state index contributed by atoms with van der Waals surface area (Å²) in [5, 5.41) is 10.1. The summed E-state index contributed by atoms with van der Waals surface area (Å²) < 4.78 is 6.55. The molecule has 0 aliphatic carbocycles. The average molecular weight is 421 g/mol. The van der Waals surface area contributed by atoms with E-state index >= 15 is 0 Å². The van der Waals surface area contributed by atoms with Gasteiger partial charge in [0.2, 0.25) is 0 Å². The van der Waals surface area contributed by atoms with Crippen molar-refractivity contribution in [3.8, 4) is 0 Å². The third-order valence-corrected chi connectivity index (χ3v) is 4.87. The van der Waals surface area contributed by atoms with Gasteiger partial charge in [-0.15, -0.1) is 0 Å². The van der Waals surface area contributed by atoms with Gasteiger partial charge in [-0.25, -0.2) is 4.79 Å². The van der Waals surface area contributed by atoms with E-state index in [0.717, 1.165) is 22.3 Å². The van der Waals surface area contributed by atoms with Crippen molar-refractivity contribution in [2.24, 2.45) is 0 Å². The Morgan fingerprint density at radius 3 is 2.62 bits per heavy atom. The Balaban J connectivity index is 1.73. The number of benzene rings is 1. The zero-order valence-electron chi connectivity index (χ0n) is 15.3. The molecule has 1 aliphatic rings. The number of carbonyl (C=O) groups excluding carboxylic acids is 1. The SMILES string of the molecule is CC(C)(C)OC(=O)N1C[C@H](O)C[C@H]1c1ccc(Cc2ccc(Br)cc2)[nH]1. The van der Waals surface area contributed by atoms with Crippen molar-refractivity contribution in [1.82, 2.24) is 9.88 Å². The molecule has 0 radical (unpaired) electrons. The van der Waals surface area contributed by atoms with E-state index in [1.165, 1.54) is 5.56 Å². The number of amides is 1. The first-order valence-corrected chi connectivity index (χ1v) is 9.60. The maximum absolute atomic E-state index is 12.5. The minimum Gasteiger partial charge on any atom is -0.444 e. The fraction of sp³-hybridized carbons (Fsp3) is 0.450. The lowest BCUT2D eigenvalue weighted by Gasteiger charge is -2.28. The van der Waals surface area contributed by atoms with Crippen LogP contribution in [0.1, 0.15) is 50.2 Å². The molecule has 5 nitrogen and oxygen atoms in total. The largest absolute Gasteiger partial charge is 0.444 e. The molecule has 2 atom stereocenters. The van der Waals surface area contributed by atoms with Crippen LogP contribution in [-0.4, -0.2) is 39.3 Å². The molecule has 2 heterocycles. The van der Waals surface area contributed by atoms with Crippen molar-refractivity contribution in [2.45, 2.75) is 51.4 Å². The van der Waals surface area contributed by atoms with Crippen molar-refractivity contribution in [3.63, 3.8) is 0 Å². The van der Waals surface area contributed by atoms with Crippen molar-refractivity contribution in [1.29, 1.82) is 0 Å². The maximum Gasteiger partial charge on any atom is 0.410 e. The number of ether oxygens (including phenoxy) is 1. The number of aliphatic hydroxyl groups excluding tert-OH is 1. The monoisotopic (exact) mass is 420 g/mol. The molecule has 26 heavy (non-hydrogen) atoms. The Hall–Kier alpha value is -1.79. The molecule has 1 saturated heterocycles. The van der Waals surface area contributed by atoms with Gasteiger partial charge in [0.15, 0.2) is 0 Å². The van der Waals surface area contributed by atoms with Gasteiger partial charge in [0.05, 0.1) is 18.7 Å². The molecule has 6 heteroatoms. The van der Waals surface area contributed by atoms with Crippen LogP contribution in [0.3, 0.4) is 0 Å². The summed E-state index contributed by atoms with van der Waals surface area (Å²) in [7, 11) is 0. The standard InChI is InChI=1S/C20H25BrN2O3/c1-20(2,3)26-19(25)23-12-16(24)11-18(23)17-9-8-15(22-17)10-13-4-6-14(21)7-5-13/h4-9,16,18,22,24H,10-12H2,1-3H3/t16-,18+/m1/s1. The molecule has 1 aromatic carbocycles. The van der Waals surface area contributed by atoms with E-state index in [2.05, 4.69) is 33.0 Å². The van der Waals surface area contributed by atoms with Crippen LogP contribution in [0.25, 0.3) is 0 Å². The minimum atomic E-state index is -0.558. The predicted octanol–water partition coefficient (Wildman–Crippen LogP) is 4.41.